The largest absolute Gasteiger partial charge is 0.497 e. The van der Waals surface area contributed by atoms with E-state index in [9.17, 15) is 4.79 Å². The van der Waals surface area contributed by atoms with Crippen molar-refractivity contribution >= 4 is 5.91 Å². The molecular weight excluding hydrogens is 328 g/mol. The maximum absolute atomic E-state index is 12.7. The van der Waals surface area contributed by atoms with Gasteiger partial charge in [-0.05, 0) is 23.3 Å². The number of hydrogen-bond acceptors (Lipinski definition) is 4. The van der Waals surface area contributed by atoms with E-state index in [-0.39, 0.29) is 18.1 Å². The van der Waals surface area contributed by atoms with Crippen molar-refractivity contribution in [2.75, 3.05) is 20.3 Å². The fourth-order valence-corrected chi connectivity index (χ4v) is 3.54. The lowest BCUT2D eigenvalue weighted by Crippen LogP contribution is -2.55. The zero-order valence-corrected chi connectivity index (χ0v) is 14.7. The van der Waals surface area contributed by atoms with Gasteiger partial charge in [-0.1, -0.05) is 54.6 Å². The Labute approximate surface area is 153 Å². The zero-order valence-electron chi connectivity index (χ0n) is 14.7. The summed E-state index contributed by atoms with van der Waals surface area (Å²) in [5.74, 6) is 0.749. The van der Waals surface area contributed by atoms with E-state index >= 15 is 0 Å². The molecule has 2 aliphatic rings. The smallest absolute Gasteiger partial charge is 0.251 e. The first kappa shape index (κ1) is 16.8. The predicted octanol–water partition coefficient (Wildman–Crippen LogP) is 2.95. The topological polar surface area (TPSA) is 42.0 Å². The van der Waals surface area contributed by atoms with Gasteiger partial charge in [-0.25, -0.2) is 5.06 Å². The third-order valence-electron chi connectivity index (χ3n) is 4.86. The molecule has 0 aromatic heterocycles. The molecule has 5 nitrogen and oxygen atoms in total. The molecule has 0 aliphatic carbocycles. The number of nitrogens with zero attached hydrogens (tertiary/aromatic N) is 2. The second kappa shape index (κ2) is 7.32. The molecule has 0 spiro atoms. The first-order valence-electron chi connectivity index (χ1n) is 8.80. The fraction of sp³-hybridized carbons (Fsp3) is 0.286. The molecule has 2 aliphatic heterocycles. The first-order valence-corrected chi connectivity index (χ1v) is 8.80. The van der Waals surface area contributed by atoms with E-state index in [1.165, 1.54) is 10.6 Å². The molecule has 2 aromatic carbocycles. The minimum atomic E-state index is -0.153. The van der Waals surface area contributed by atoms with Crippen molar-refractivity contribution in [2.24, 2.45) is 0 Å². The third-order valence-corrected chi connectivity index (χ3v) is 4.86. The van der Waals surface area contributed by atoms with Crippen LogP contribution < -0.4 is 4.74 Å². The van der Waals surface area contributed by atoms with Crippen LogP contribution in [0.1, 0.15) is 17.2 Å². The van der Waals surface area contributed by atoms with Crippen LogP contribution in [0.25, 0.3) is 0 Å². The average Bonchev–Trinajstić information content (AvgIpc) is 2.68. The van der Waals surface area contributed by atoms with Gasteiger partial charge in [-0.2, -0.15) is 0 Å². The van der Waals surface area contributed by atoms with Gasteiger partial charge >= 0.3 is 0 Å². The quantitative estimate of drug-likeness (QED) is 0.795. The van der Waals surface area contributed by atoms with Crippen molar-refractivity contribution < 1.29 is 14.4 Å². The first-order chi connectivity index (χ1) is 12.7. The SMILES string of the molecule is COc1ccc(CC(=O)N2CN3CC=C[C@H](O2)C3c2ccccc2)cc1. The highest BCUT2D eigenvalue weighted by atomic mass is 16.7. The van der Waals surface area contributed by atoms with E-state index < -0.39 is 0 Å². The molecule has 1 fully saturated rings. The van der Waals surface area contributed by atoms with Crippen molar-refractivity contribution in [3.63, 3.8) is 0 Å². The number of benzene rings is 2. The molecule has 1 saturated heterocycles. The molecule has 2 bridgehead atoms. The van der Waals surface area contributed by atoms with Crippen LogP contribution in [0.5, 0.6) is 5.75 Å². The molecule has 0 saturated carbocycles. The molecule has 4 rings (SSSR count). The van der Waals surface area contributed by atoms with Gasteiger partial charge in [-0.15, -0.1) is 0 Å². The molecule has 2 aromatic rings. The van der Waals surface area contributed by atoms with Crippen molar-refractivity contribution in [3.8, 4) is 5.75 Å². The molecule has 3 atom stereocenters. The van der Waals surface area contributed by atoms with Crippen LogP contribution in [0.3, 0.4) is 0 Å². The molecule has 2 unspecified atom stereocenters. The molecule has 0 N–H and O–H groups in total. The Kier molecular flexibility index (Phi) is 4.73. The average molecular weight is 350 g/mol. The van der Waals surface area contributed by atoms with Crippen LogP contribution in [0.2, 0.25) is 0 Å². The predicted molar refractivity (Wildman–Crippen MR) is 98.3 cm³/mol. The van der Waals surface area contributed by atoms with Crippen molar-refractivity contribution in [1.29, 1.82) is 0 Å². The molecule has 26 heavy (non-hydrogen) atoms. The lowest BCUT2D eigenvalue weighted by molar-refractivity contribution is -0.254. The van der Waals surface area contributed by atoms with Gasteiger partial charge in [0.25, 0.3) is 5.91 Å². The van der Waals surface area contributed by atoms with Crippen molar-refractivity contribution in [3.05, 3.63) is 77.9 Å². The molecular formula is C21H22N2O3. The van der Waals surface area contributed by atoms with Gasteiger partial charge in [0.15, 0.2) is 0 Å². The lowest BCUT2D eigenvalue weighted by atomic mass is 9.96. The summed E-state index contributed by atoms with van der Waals surface area (Å²) in [6, 6.07) is 18.0. The zero-order chi connectivity index (χ0) is 17.9. The number of carbonyl (C=O) groups excluding carboxylic acids is 1. The van der Waals surface area contributed by atoms with Crippen molar-refractivity contribution in [2.45, 2.75) is 18.6 Å². The number of ether oxygens (including phenoxy) is 1. The minimum absolute atomic E-state index is 0.0352. The summed E-state index contributed by atoms with van der Waals surface area (Å²) < 4.78 is 5.16. The second-order valence-corrected chi connectivity index (χ2v) is 6.56. The Morgan fingerprint density at radius 3 is 2.62 bits per heavy atom. The maximum atomic E-state index is 12.7. The Bertz CT molecular complexity index is 789. The van der Waals surface area contributed by atoms with Gasteiger partial charge in [0.05, 0.1) is 19.6 Å². The van der Waals surface area contributed by atoms with E-state index in [2.05, 4.69) is 29.2 Å². The van der Waals surface area contributed by atoms with E-state index in [0.717, 1.165) is 17.9 Å². The summed E-state index contributed by atoms with van der Waals surface area (Å²) in [7, 11) is 1.63. The molecule has 5 heteroatoms. The molecule has 134 valence electrons. The summed E-state index contributed by atoms with van der Waals surface area (Å²) in [5.41, 5.74) is 2.16. The third kappa shape index (κ3) is 3.36. The van der Waals surface area contributed by atoms with E-state index in [1.54, 1.807) is 7.11 Å². The highest BCUT2D eigenvalue weighted by Crippen LogP contribution is 2.34. The second-order valence-electron chi connectivity index (χ2n) is 6.56. The lowest BCUT2D eigenvalue weighted by Gasteiger charge is -2.46. The van der Waals surface area contributed by atoms with Crippen molar-refractivity contribution in [1.82, 2.24) is 9.96 Å². The normalized spacial score (nSPS) is 24.3. The number of hydrogen-bond donors (Lipinski definition) is 0. The van der Waals surface area contributed by atoms with Crippen LogP contribution in [0, 0.1) is 0 Å². The number of hydroxylamine groups is 2. The van der Waals surface area contributed by atoms with E-state index in [4.69, 9.17) is 9.57 Å². The molecule has 1 amide bonds. The molecule has 2 heterocycles. The highest BCUT2D eigenvalue weighted by Gasteiger charge is 2.39. The Balaban J connectivity index is 1.46. The standard InChI is InChI=1S/C21H22N2O3/c1-25-18-11-9-16(10-12-18)14-20(24)23-15-22-13-5-8-19(26-23)21(22)17-6-3-2-4-7-17/h2-12,19,21H,13-15H2,1H3/t19-,21?/m0/s1. The van der Waals surface area contributed by atoms with Gasteiger partial charge in [0, 0.05) is 6.54 Å². The summed E-state index contributed by atoms with van der Waals surface area (Å²) >= 11 is 0. The summed E-state index contributed by atoms with van der Waals surface area (Å²) in [6.45, 7) is 1.28. The van der Waals surface area contributed by atoms with Gasteiger partial charge < -0.3 is 4.74 Å². The number of rotatable bonds is 4. The Morgan fingerprint density at radius 1 is 1.15 bits per heavy atom. The van der Waals surface area contributed by atoms with E-state index in [0.29, 0.717) is 13.1 Å². The van der Waals surface area contributed by atoms with Crippen LogP contribution in [-0.2, 0) is 16.1 Å². The van der Waals surface area contributed by atoms with Crippen LogP contribution in [0.15, 0.2) is 66.7 Å². The highest BCUT2D eigenvalue weighted by molar-refractivity contribution is 5.78. The number of fused-ring (bicyclic) bond motifs is 2. The summed E-state index contributed by atoms with van der Waals surface area (Å²) in [5, 5.41) is 1.50. The number of amides is 1. The fourth-order valence-electron chi connectivity index (χ4n) is 3.54. The summed E-state index contributed by atoms with van der Waals surface area (Å²) in [4.78, 5) is 21.0. The minimum Gasteiger partial charge on any atom is -0.497 e. The Morgan fingerprint density at radius 2 is 1.92 bits per heavy atom. The van der Waals surface area contributed by atoms with Crippen LogP contribution >= 0.6 is 0 Å². The van der Waals surface area contributed by atoms with Crippen LogP contribution in [0.4, 0.5) is 0 Å². The summed E-state index contributed by atoms with van der Waals surface area (Å²) in [6.07, 6.45) is 4.32. The molecule has 0 radical (unpaired) electrons. The van der Waals surface area contributed by atoms with Gasteiger partial charge in [-0.3, -0.25) is 14.5 Å². The monoisotopic (exact) mass is 350 g/mol. The number of methoxy groups -OCH3 is 1. The van der Waals surface area contributed by atoms with Gasteiger partial charge in [0.2, 0.25) is 0 Å². The van der Waals surface area contributed by atoms with E-state index in [1.807, 2.05) is 42.5 Å². The van der Waals surface area contributed by atoms with Crippen LogP contribution in [-0.4, -0.2) is 42.3 Å². The maximum Gasteiger partial charge on any atom is 0.251 e. The van der Waals surface area contributed by atoms with Gasteiger partial charge in [0.1, 0.15) is 18.5 Å². The Hall–Kier alpha value is -2.63. The number of carbonyl (C=O) groups is 1.